The van der Waals surface area contributed by atoms with E-state index in [9.17, 15) is 4.79 Å². The van der Waals surface area contributed by atoms with E-state index in [1.165, 1.54) is 38.5 Å². The first kappa shape index (κ1) is 11.9. The van der Waals surface area contributed by atoms with Gasteiger partial charge in [0.25, 0.3) is 0 Å². The van der Waals surface area contributed by atoms with E-state index in [0.29, 0.717) is 23.8 Å². The summed E-state index contributed by atoms with van der Waals surface area (Å²) < 4.78 is 0. The van der Waals surface area contributed by atoms with Crippen LogP contribution in [-0.2, 0) is 4.79 Å². The third kappa shape index (κ3) is 2.78. The lowest BCUT2D eigenvalue weighted by atomic mass is 9.96. The topological polar surface area (TPSA) is 29.1 Å². The van der Waals surface area contributed by atoms with Gasteiger partial charge in [0.1, 0.15) is 0 Å². The molecule has 0 aromatic carbocycles. The largest absolute Gasteiger partial charge is 0.353 e. The number of rotatable bonds is 5. The second kappa shape index (κ2) is 5.20. The van der Waals surface area contributed by atoms with Crippen LogP contribution in [0, 0.1) is 17.8 Å². The smallest absolute Gasteiger partial charge is 0.223 e. The highest BCUT2D eigenvalue weighted by Gasteiger charge is 2.40. The predicted molar refractivity (Wildman–Crippen MR) is 66.1 cm³/mol. The number of hydrogen-bond acceptors (Lipinski definition) is 1. The molecule has 0 heterocycles. The van der Waals surface area contributed by atoms with Crippen molar-refractivity contribution in [3.05, 3.63) is 0 Å². The monoisotopic (exact) mass is 223 g/mol. The fourth-order valence-corrected chi connectivity index (χ4v) is 3.02. The van der Waals surface area contributed by atoms with Crippen LogP contribution in [0.2, 0.25) is 0 Å². The highest BCUT2D eigenvalue weighted by atomic mass is 16.2. The van der Waals surface area contributed by atoms with Crippen molar-refractivity contribution in [2.45, 2.75) is 64.8 Å². The Morgan fingerprint density at radius 1 is 1.38 bits per heavy atom. The van der Waals surface area contributed by atoms with Gasteiger partial charge in [-0.1, -0.05) is 33.1 Å². The molecule has 4 unspecified atom stereocenters. The summed E-state index contributed by atoms with van der Waals surface area (Å²) in [5.74, 6) is 2.07. The minimum Gasteiger partial charge on any atom is -0.353 e. The summed E-state index contributed by atoms with van der Waals surface area (Å²) in [6.07, 6.45) is 8.85. The van der Waals surface area contributed by atoms with Gasteiger partial charge >= 0.3 is 0 Å². The van der Waals surface area contributed by atoms with Crippen LogP contribution in [0.5, 0.6) is 0 Å². The maximum absolute atomic E-state index is 11.9. The van der Waals surface area contributed by atoms with Gasteiger partial charge in [-0.15, -0.1) is 0 Å². The Labute approximate surface area is 99.2 Å². The molecular weight excluding hydrogens is 198 g/mol. The first-order valence-electron chi connectivity index (χ1n) is 7.02. The first-order valence-corrected chi connectivity index (χ1v) is 7.02. The number of unbranched alkanes of at least 4 members (excludes halogenated alkanes) is 1. The standard InChI is InChI=1S/C14H25NO/c1-3-4-6-11-7-5-8-13(11)15-14(16)12-9-10(12)2/h10-13H,3-9H2,1-2H3,(H,15,16). The SMILES string of the molecule is CCCCC1CCCC1NC(=O)C1CC1C. The summed E-state index contributed by atoms with van der Waals surface area (Å²) in [6, 6.07) is 0.492. The Morgan fingerprint density at radius 3 is 2.75 bits per heavy atom. The molecule has 0 radical (unpaired) electrons. The van der Waals surface area contributed by atoms with Gasteiger partial charge in [-0.25, -0.2) is 0 Å². The van der Waals surface area contributed by atoms with Crippen LogP contribution in [0.3, 0.4) is 0 Å². The molecular formula is C14H25NO. The van der Waals surface area contributed by atoms with Crippen molar-refractivity contribution in [3.8, 4) is 0 Å². The number of carbonyl (C=O) groups is 1. The molecule has 2 aliphatic carbocycles. The third-order valence-corrected chi connectivity index (χ3v) is 4.36. The number of amides is 1. The zero-order valence-corrected chi connectivity index (χ0v) is 10.7. The molecule has 2 rings (SSSR count). The van der Waals surface area contributed by atoms with Crippen molar-refractivity contribution in [1.29, 1.82) is 0 Å². The number of carbonyl (C=O) groups excluding carboxylic acids is 1. The molecule has 2 nitrogen and oxygen atoms in total. The summed E-state index contributed by atoms with van der Waals surface area (Å²) in [4.78, 5) is 11.9. The Balaban J connectivity index is 1.76. The lowest BCUT2D eigenvalue weighted by molar-refractivity contribution is -0.123. The minimum absolute atomic E-state index is 0.334. The Bertz CT molecular complexity index is 251. The summed E-state index contributed by atoms with van der Waals surface area (Å²) in [5.41, 5.74) is 0. The number of hydrogen-bond donors (Lipinski definition) is 1. The maximum atomic E-state index is 11.9. The van der Waals surface area contributed by atoms with Crippen molar-refractivity contribution in [1.82, 2.24) is 5.32 Å². The van der Waals surface area contributed by atoms with Crippen LogP contribution in [0.1, 0.15) is 58.8 Å². The van der Waals surface area contributed by atoms with Crippen molar-refractivity contribution >= 4 is 5.91 Å². The summed E-state index contributed by atoms with van der Waals surface area (Å²) >= 11 is 0. The minimum atomic E-state index is 0.334. The molecule has 92 valence electrons. The van der Waals surface area contributed by atoms with Gasteiger partial charge in [-0.05, 0) is 37.5 Å². The van der Waals surface area contributed by atoms with E-state index >= 15 is 0 Å². The van der Waals surface area contributed by atoms with Crippen LogP contribution in [0.15, 0.2) is 0 Å². The molecule has 0 spiro atoms. The molecule has 0 saturated heterocycles. The van der Waals surface area contributed by atoms with Crippen LogP contribution >= 0.6 is 0 Å². The van der Waals surface area contributed by atoms with Crippen LogP contribution < -0.4 is 5.32 Å². The van der Waals surface area contributed by atoms with Crippen LogP contribution in [0.4, 0.5) is 0 Å². The molecule has 1 amide bonds. The van der Waals surface area contributed by atoms with Gasteiger partial charge in [0.15, 0.2) is 0 Å². The quantitative estimate of drug-likeness (QED) is 0.762. The van der Waals surface area contributed by atoms with Gasteiger partial charge in [0.2, 0.25) is 5.91 Å². The van der Waals surface area contributed by atoms with Crippen molar-refractivity contribution in [3.63, 3.8) is 0 Å². The van der Waals surface area contributed by atoms with Crippen LogP contribution in [-0.4, -0.2) is 11.9 Å². The molecule has 0 aliphatic heterocycles. The normalized spacial score (nSPS) is 37.4. The van der Waals surface area contributed by atoms with E-state index in [4.69, 9.17) is 0 Å². The van der Waals surface area contributed by atoms with E-state index in [2.05, 4.69) is 19.2 Å². The zero-order valence-electron chi connectivity index (χ0n) is 10.7. The van der Waals surface area contributed by atoms with Crippen molar-refractivity contribution in [2.75, 3.05) is 0 Å². The second-order valence-corrected chi connectivity index (χ2v) is 5.77. The lowest BCUT2D eigenvalue weighted by Crippen LogP contribution is -2.38. The molecule has 0 aromatic rings. The maximum Gasteiger partial charge on any atom is 0.223 e. The fourth-order valence-electron chi connectivity index (χ4n) is 3.02. The molecule has 2 heteroatoms. The third-order valence-electron chi connectivity index (χ3n) is 4.36. The molecule has 2 fully saturated rings. The molecule has 2 saturated carbocycles. The highest BCUT2D eigenvalue weighted by Crippen LogP contribution is 2.38. The molecule has 4 atom stereocenters. The first-order chi connectivity index (χ1) is 7.72. The molecule has 0 bridgehead atoms. The average molecular weight is 223 g/mol. The average Bonchev–Trinajstić information content (AvgIpc) is 2.84. The van der Waals surface area contributed by atoms with Crippen molar-refractivity contribution in [2.24, 2.45) is 17.8 Å². The van der Waals surface area contributed by atoms with E-state index in [1.54, 1.807) is 0 Å². The molecule has 0 aromatic heterocycles. The fraction of sp³-hybridized carbons (Fsp3) is 0.929. The van der Waals surface area contributed by atoms with Crippen LogP contribution in [0.25, 0.3) is 0 Å². The van der Waals surface area contributed by atoms with Gasteiger partial charge in [-0.3, -0.25) is 4.79 Å². The molecule has 2 aliphatic rings. The van der Waals surface area contributed by atoms with Gasteiger partial charge in [0, 0.05) is 12.0 Å². The highest BCUT2D eigenvalue weighted by molar-refractivity contribution is 5.81. The Morgan fingerprint density at radius 2 is 2.12 bits per heavy atom. The van der Waals surface area contributed by atoms with Gasteiger partial charge in [0.05, 0.1) is 0 Å². The Kier molecular flexibility index (Phi) is 3.88. The summed E-state index contributed by atoms with van der Waals surface area (Å²) in [7, 11) is 0. The van der Waals surface area contributed by atoms with E-state index < -0.39 is 0 Å². The Hall–Kier alpha value is -0.530. The van der Waals surface area contributed by atoms with Gasteiger partial charge in [-0.2, -0.15) is 0 Å². The predicted octanol–water partition coefficient (Wildman–Crippen LogP) is 3.12. The summed E-state index contributed by atoms with van der Waals surface area (Å²) in [6.45, 7) is 4.42. The van der Waals surface area contributed by atoms with E-state index in [-0.39, 0.29) is 0 Å². The lowest BCUT2D eigenvalue weighted by Gasteiger charge is -2.20. The number of nitrogens with one attached hydrogen (secondary N) is 1. The van der Waals surface area contributed by atoms with Gasteiger partial charge < -0.3 is 5.32 Å². The molecule has 1 N–H and O–H groups in total. The van der Waals surface area contributed by atoms with E-state index in [1.807, 2.05) is 0 Å². The van der Waals surface area contributed by atoms with E-state index in [0.717, 1.165) is 12.3 Å². The second-order valence-electron chi connectivity index (χ2n) is 5.77. The van der Waals surface area contributed by atoms with Crippen molar-refractivity contribution < 1.29 is 4.79 Å². The zero-order chi connectivity index (χ0) is 11.5. The molecule has 16 heavy (non-hydrogen) atoms. The summed E-state index contributed by atoms with van der Waals surface area (Å²) in [5, 5.41) is 3.29.